The molecule has 1 N–H and O–H groups in total. The van der Waals surface area contributed by atoms with Crippen LogP contribution in [-0.2, 0) is 12.6 Å². The summed E-state index contributed by atoms with van der Waals surface area (Å²) in [7, 11) is 0. The molecule has 0 fully saturated rings. The highest BCUT2D eigenvalue weighted by molar-refractivity contribution is 5.24. The van der Waals surface area contributed by atoms with Gasteiger partial charge in [-0.3, -0.25) is 0 Å². The van der Waals surface area contributed by atoms with E-state index in [9.17, 15) is 13.2 Å². The molecule has 0 aliphatic rings. The predicted octanol–water partition coefficient (Wildman–Crippen LogP) is 3.66. The fraction of sp³-hybridized carbons (Fsp3) is 0.538. The Morgan fingerprint density at radius 2 is 1.76 bits per heavy atom. The summed E-state index contributed by atoms with van der Waals surface area (Å²) in [6, 6.07) is 5.16. The maximum Gasteiger partial charge on any atom is 0.416 e. The van der Waals surface area contributed by atoms with Crippen molar-refractivity contribution in [2.24, 2.45) is 5.92 Å². The van der Waals surface area contributed by atoms with Crippen molar-refractivity contribution in [3.63, 3.8) is 0 Å². The summed E-state index contributed by atoms with van der Waals surface area (Å²) in [5.41, 5.74) is 0.211. The number of benzene rings is 1. The molecule has 1 aromatic carbocycles. The normalized spacial score (nSPS) is 13.7. The van der Waals surface area contributed by atoms with Gasteiger partial charge in [0, 0.05) is 6.61 Å². The molecule has 0 bridgehead atoms. The number of rotatable bonds is 5. The Morgan fingerprint density at radius 3 is 2.18 bits per heavy atom. The molecule has 1 nitrogen and oxygen atoms in total. The van der Waals surface area contributed by atoms with E-state index in [0.29, 0.717) is 6.42 Å². The first-order valence-corrected chi connectivity index (χ1v) is 5.74. The Hall–Kier alpha value is -1.03. The monoisotopic (exact) mass is 246 g/mol. The fourth-order valence-electron chi connectivity index (χ4n) is 1.83. The summed E-state index contributed by atoms with van der Waals surface area (Å²) in [4.78, 5) is 0. The van der Waals surface area contributed by atoms with Crippen molar-refractivity contribution >= 4 is 0 Å². The molecule has 0 saturated carbocycles. The number of aliphatic hydroxyl groups is 1. The third kappa shape index (κ3) is 4.38. The van der Waals surface area contributed by atoms with Gasteiger partial charge in [0.2, 0.25) is 0 Å². The van der Waals surface area contributed by atoms with Gasteiger partial charge in [-0.15, -0.1) is 0 Å². The second-order valence-electron chi connectivity index (χ2n) is 4.24. The smallest absolute Gasteiger partial charge is 0.396 e. The number of hydrogen-bond acceptors (Lipinski definition) is 1. The SMILES string of the molecule is CCCC(CO)Cc1ccc(C(F)(F)F)cc1. The maximum atomic E-state index is 12.3. The maximum absolute atomic E-state index is 12.3. The van der Waals surface area contributed by atoms with Crippen molar-refractivity contribution in [1.82, 2.24) is 0 Å². The van der Waals surface area contributed by atoms with Gasteiger partial charge in [0.1, 0.15) is 0 Å². The second kappa shape index (κ2) is 6.05. The minimum Gasteiger partial charge on any atom is -0.396 e. The van der Waals surface area contributed by atoms with Gasteiger partial charge in [-0.2, -0.15) is 13.2 Å². The Kier molecular flexibility index (Phi) is 5.00. The molecule has 17 heavy (non-hydrogen) atoms. The first-order valence-electron chi connectivity index (χ1n) is 5.74. The van der Waals surface area contributed by atoms with Crippen molar-refractivity contribution < 1.29 is 18.3 Å². The summed E-state index contributed by atoms with van der Waals surface area (Å²) >= 11 is 0. The molecule has 0 spiro atoms. The number of hydrogen-bond donors (Lipinski definition) is 1. The van der Waals surface area contributed by atoms with Crippen molar-refractivity contribution in [3.05, 3.63) is 35.4 Å². The van der Waals surface area contributed by atoms with Crippen LogP contribution in [0.4, 0.5) is 13.2 Å². The van der Waals surface area contributed by atoms with E-state index in [4.69, 9.17) is 5.11 Å². The molecule has 0 radical (unpaired) electrons. The fourth-order valence-corrected chi connectivity index (χ4v) is 1.83. The van der Waals surface area contributed by atoms with Crippen LogP contribution in [0.2, 0.25) is 0 Å². The van der Waals surface area contributed by atoms with E-state index >= 15 is 0 Å². The molecule has 4 heteroatoms. The molecular formula is C13H17F3O. The summed E-state index contributed by atoms with van der Waals surface area (Å²) in [6.45, 7) is 2.10. The standard InChI is InChI=1S/C13H17F3O/c1-2-3-11(9-17)8-10-4-6-12(7-5-10)13(14,15)16/h4-7,11,17H,2-3,8-9H2,1H3. The van der Waals surface area contributed by atoms with Crippen LogP contribution in [0.15, 0.2) is 24.3 Å². The Balaban J connectivity index is 2.68. The van der Waals surface area contributed by atoms with Gasteiger partial charge in [-0.25, -0.2) is 0 Å². The number of alkyl halides is 3. The van der Waals surface area contributed by atoms with Gasteiger partial charge >= 0.3 is 6.18 Å². The van der Waals surface area contributed by atoms with Crippen LogP contribution in [0.3, 0.4) is 0 Å². The van der Waals surface area contributed by atoms with Crippen LogP contribution < -0.4 is 0 Å². The van der Waals surface area contributed by atoms with Crippen LogP contribution in [0.5, 0.6) is 0 Å². The average Bonchev–Trinajstić information content (AvgIpc) is 2.28. The number of halogens is 3. The Bertz CT molecular complexity index is 330. The van der Waals surface area contributed by atoms with E-state index < -0.39 is 11.7 Å². The Labute approximate surface area is 99.3 Å². The van der Waals surface area contributed by atoms with E-state index in [1.807, 2.05) is 6.92 Å². The first-order chi connectivity index (χ1) is 7.97. The molecule has 0 heterocycles. The van der Waals surface area contributed by atoms with E-state index in [1.54, 1.807) is 0 Å². The van der Waals surface area contributed by atoms with E-state index in [0.717, 1.165) is 30.5 Å². The second-order valence-corrected chi connectivity index (χ2v) is 4.24. The zero-order valence-electron chi connectivity index (χ0n) is 9.80. The minimum absolute atomic E-state index is 0.0782. The lowest BCUT2D eigenvalue weighted by Gasteiger charge is -2.13. The molecule has 0 aliphatic heterocycles. The van der Waals surface area contributed by atoms with Crippen molar-refractivity contribution in [3.8, 4) is 0 Å². The minimum atomic E-state index is -4.28. The zero-order valence-corrected chi connectivity index (χ0v) is 9.80. The number of aliphatic hydroxyl groups excluding tert-OH is 1. The molecular weight excluding hydrogens is 229 g/mol. The lowest BCUT2D eigenvalue weighted by molar-refractivity contribution is -0.137. The summed E-state index contributed by atoms with van der Waals surface area (Å²) < 4.78 is 37.0. The lowest BCUT2D eigenvalue weighted by Crippen LogP contribution is -2.10. The average molecular weight is 246 g/mol. The lowest BCUT2D eigenvalue weighted by atomic mass is 9.95. The van der Waals surface area contributed by atoms with E-state index in [-0.39, 0.29) is 12.5 Å². The van der Waals surface area contributed by atoms with Crippen molar-refractivity contribution in [1.29, 1.82) is 0 Å². The van der Waals surface area contributed by atoms with Gasteiger partial charge in [-0.1, -0.05) is 25.5 Å². The summed E-state index contributed by atoms with van der Waals surface area (Å²) in [6.07, 6.45) is -1.80. The quantitative estimate of drug-likeness (QED) is 0.840. The van der Waals surface area contributed by atoms with Gasteiger partial charge in [-0.05, 0) is 36.5 Å². The molecule has 1 atom stereocenters. The molecule has 1 aromatic rings. The molecule has 0 saturated heterocycles. The Morgan fingerprint density at radius 1 is 1.18 bits per heavy atom. The van der Waals surface area contributed by atoms with Crippen molar-refractivity contribution in [2.75, 3.05) is 6.61 Å². The highest BCUT2D eigenvalue weighted by Gasteiger charge is 2.29. The van der Waals surface area contributed by atoms with Crippen LogP contribution in [-0.4, -0.2) is 11.7 Å². The third-order valence-electron chi connectivity index (χ3n) is 2.76. The molecule has 0 amide bonds. The molecule has 1 rings (SSSR count). The van der Waals surface area contributed by atoms with Crippen molar-refractivity contribution in [2.45, 2.75) is 32.4 Å². The topological polar surface area (TPSA) is 20.2 Å². The van der Waals surface area contributed by atoms with E-state index in [2.05, 4.69) is 0 Å². The molecule has 0 aromatic heterocycles. The molecule has 0 aliphatic carbocycles. The third-order valence-corrected chi connectivity index (χ3v) is 2.76. The summed E-state index contributed by atoms with van der Waals surface area (Å²) in [5, 5.41) is 9.12. The largest absolute Gasteiger partial charge is 0.416 e. The van der Waals surface area contributed by atoms with Crippen LogP contribution in [0.25, 0.3) is 0 Å². The van der Waals surface area contributed by atoms with E-state index in [1.165, 1.54) is 12.1 Å². The highest BCUT2D eigenvalue weighted by atomic mass is 19.4. The van der Waals surface area contributed by atoms with Gasteiger partial charge in [0.15, 0.2) is 0 Å². The van der Waals surface area contributed by atoms with Crippen LogP contribution in [0, 0.1) is 5.92 Å². The van der Waals surface area contributed by atoms with Gasteiger partial charge < -0.3 is 5.11 Å². The van der Waals surface area contributed by atoms with Crippen LogP contribution >= 0.6 is 0 Å². The van der Waals surface area contributed by atoms with Gasteiger partial charge in [0.25, 0.3) is 0 Å². The predicted molar refractivity (Wildman–Crippen MR) is 60.6 cm³/mol. The molecule has 1 unspecified atom stereocenters. The highest BCUT2D eigenvalue weighted by Crippen LogP contribution is 2.29. The first kappa shape index (κ1) is 14.0. The zero-order chi connectivity index (χ0) is 12.9. The summed E-state index contributed by atoms with van der Waals surface area (Å²) in [5.74, 6) is 0.136. The van der Waals surface area contributed by atoms with Gasteiger partial charge in [0.05, 0.1) is 5.56 Å². The van der Waals surface area contributed by atoms with Crippen LogP contribution in [0.1, 0.15) is 30.9 Å². The molecule has 96 valence electrons.